The van der Waals surface area contributed by atoms with Crippen molar-refractivity contribution in [1.82, 2.24) is 14.5 Å². The van der Waals surface area contributed by atoms with E-state index in [4.69, 9.17) is 0 Å². The molecule has 6 nitrogen and oxygen atoms in total. The number of nitrogens with one attached hydrogen (secondary N) is 1. The number of benzene rings is 1. The van der Waals surface area contributed by atoms with Crippen LogP contribution >= 0.6 is 11.3 Å². The van der Waals surface area contributed by atoms with Gasteiger partial charge in [0.1, 0.15) is 5.69 Å². The molecule has 1 aliphatic rings. The van der Waals surface area contributed by atoms with E-state index < -0.39 is 17.7 Å². The second kappa shape index (κ2) is 9.73. The average molecular weight is 516 g/mol. The van der Waals surface area contributed by atoms with Gasteiger partial charge in [-0.1, -0.05) is 0 Å². The Balaban J connectivity index is 1.28. The molecule has 1 N–H and O–H groups in total. The van der Waals surface area contributed by atoms with Gasteiger partial charge in [0.05, 0.1) is 17.3 Å². The van der Waals surface area contributed by atoms with Crippen LogP contribution in [0.2, 0.25) is 0 Å². The van der Waals surface area contributed by atoms with Crippen molar-refractivity contribution in [3.8, 4) is 0 Å². The van der Waals surface area contributed by atoms with Crippen LogP contribution in [-0.4, -0.2) is 27.0 Å². The third kappa shape index (κ3) is 5.11. The zero-order valence-electron chi connectivity index (χ0n) is 18.9. The van der Waals surface area contributed by atoms with Crippen LogP contribution in [0.4, 0.5) is 28.4 Å². The standard InChI is InChI=1S/C25H21F4N5OS/c26-22-13-16(9-10-30-22)14-33-11-1-4-21(33)23(35)32-24-31-19(15-36-24)20-3-2-12-34(20)18-7-5-17(6-8-18)25(27,28)29/h1,4-11,13,15,20H,2-3,12,14H2,(H,31,32,35)/t20-/m1/s1. The Hall–Kier alpha value is -3.73. The van der Waals surface area contributed by atoms with Gasteiger partial charge < -0.3 is 9.47 Å². The van der Waals surface area contributed by atoms with E-state index in [1.54, 1.807) is 29.0 Å². The summed E-state index contributed by atoms with van der Waals surface area (Å²) < 4.78 is 53.9. The maximum atomic E-state index is 13.4. The van der Waals surface area contributed by atoms with Gasteiger partial charge in [-0.05, 0) is 66.9 Å². The van der Waals surface area contributed by atoms with Crippen molar-refractivity contribution in [2.24, 2.45) is 0 Å². The highest BCUT2D eigenvalue weighted by atomic mass is 32.1. The van der Waals surface area contributed by atoms with E-state index in [9.17, 15) is 22.4 Å². The molecular weight excluding hydrogens is 494 g/mol. The quantitative estimate of drug-likeness (QED) is 0.248. The number of amides is 1. The lowest BCUT2D eigenvalue weighted by Crippen LogP contribution is -2.23. The minimum Gasteiger partial charge on any atom is -0.363 e. The Morgan fingerprint density at radius 3 is 2.72 bits per heavy atom. The zero-order valence-corrected chi connectivity index (χ0v) is 19.7. The molecule has 1 atom stereocenters. The number of anilines is 2. The van der Waals surface area contributed by atoms with Gasteiger partial charge >= 0.3 is 6.18 Å². The molecule has 0 bridgehead atoms. The minimum absolute atomic E-state index is 0.0888. The molecule has 0 unspecified atom stereocenters. The van der Waals surface area contributed by atoms with E-state index >= 15 is 0 Å². The van der Waals surface area contributed by atoms with Crippen molar-refractivity contribution in [2.45, 2.75) is 31.6 Å². The Kier molecular flexibility index (Phi) is 6.48. The molecule has 186 valence electrons. The Morgan fingerprint density at radius 1 is 1.17 bits per heavy atom. The molecule has 1 amide bonds. The maximum Gasteiger partial charge on any atom is 0.416 e. The number of alkyl halides is 3. The molecule has 1 aliphatic heterocycles. The van der Waals surface area contributed by atoms with Crippen molar-refractivity contribution in [3.05, 3.63) is 94.8 Å². The summed E-state index contributed by atoms with van der Waals surface area (Å²) in [4.78, 5) is 23.1. The molecule has 0 radical (unpaired) electrons. The van der Waals surface area contributed by atoms with Crippen LogP contribution in [0.1, 0.15) is 46.2 Å². The Morgan fingerprint density at radius 2 is 1.97 bits per heavy atom. The number of hydrogen-bond donors (Lipinski definition) is 1. The fourth-order valence-corrected chi connectivity index (χ4v) is 5.13. The molecule has 4 aromatic rings. The predicted molar refractivity (Wildman–Crippen MR) is 129 cm³/mol. The van der Waals surface area contributed by atoms with E-state index in [2.05, 4.69) is 15.3 Å². The number of thiazole rings is 1. The number of carbonyl (C=O) groups excluding carboxylic acids is 1. The highest BCUT2D eigenvalue weighted by Crippen LogP contribution is 2.38. The van der Waals surface area contributed by atoms with Crippen LogP contribution in [0.25, 0.3) is 0 Å². The van der Waals surface area contributed by atoms with Crippen molar-refractivity contribution in [2.75, 3.05) is 16.8 Å². The van der Waals surface area contributed by atoms with Crippen LogP contribution in [0.3, 0.4) is 0 Å². The molecule has 1 aromatic carbocycles. The summed E-state index contributed by atoms with van der Waals surface area (Å²) in [7, 11) is 0. The summed E-state index contributed by atoms with van der Waals surface area (Å²) >= 11 is 1.29. The predicted octanol–water partition coefficient (Wildman–Crippen LogP) is 6.14. The summed E-state index contributed by atoms with van der Waals surface area (Å²) in [5.74, 6) is -0.931. The zero-order chi connectivity index (χ0) is 25.3. The SMILES string of the molecule is O=C(Nc1nc([C@H]2CCCN2c2ccc(C(F)(F)F)cc2)cs1)c1cccn1Cc1ccnc(F)c1. The van der Waals surface area contributed by atoms with Gasteiger partial charge in [-0.3, -0.25) is 10.1 Å². The average Bonchev–Trinajstić information content (AvgIpc) is 3.59. The molecule has 11 heteroatoms. The van der Waals surface area contributed by atoms with Gasteiger partial charge in [0, 0.05) is 36.6 Å². The number of halogens is 4. The molecule has 3 aromatic heterocycles. The van der Waals surface area contributed by atoms with Crippen LogP contribution < -0.4 is 10.2 Å². The molecule has 1 saturated heterocycles. The lowest BCUT2D eigenvalue weighted by molar-refractivity contribution is -0.137. The highest BCUT2D eigenvalue weighted by Gasteiger charge is 2.32. The highest BCUT2D eigenvalue weighted by molar-refractivity contribution is 7.14. The fourth-order valence-electron chi connectivity index (χ4n) is 4.38. The van der Waals surface area contributed by atoms with Crippen LogP contribution in [-0.2, 0) is 12.7 Å². The minimum atomic E-state index is -4.38. The fraction of sp³-hybridized carbons (Fsp3) is 0.240. The largest absolute Gasteiger partial charge is 0.416 e. The van der Waals surface area contributed by atoms with Crippen molar-refractivity contribution >= 4 is 28.1 Å². The first-order chi connectivity index (χ1) is 17.3. The lowest BCUT2D eigenvalue weighted by Gasteiger charge is -2.26. The molecule has 5 rings (SSSR count). The van der Waals surface area contributed by atoms with Gasteiger partial charge in [-0.25, -0.2) is 9.97 Å². The monoisotopic (exact) mass is 515 g/mol. The molecule has 36 heavy (non-hydrogen) atoms. The number of carbonyl (C=O) groups is 1. The van der Waals surface area contributed by atoms with Gasteiger partial charge in [0.15, 0.2) is 5.13 Å². The number of pyridine rings is 1. The number of rotatable bonds is 6. The molecule has 1 fully saturated rings. The van der Waals surface area contributed by atoms with Gasteiger partial charge in [0.2, 0.25) is 5.95 Å². The first-order valence-corrected chi connectivity index (χ1v) is 12.1. The summed E-state index contributed by atoms with van der Waals surface area (Å²) in [5, 5.41) is 5.11. The smallest absolute Gasteiger partial charge is 0.363 e. The maximum absolute atomic E-state index is 13.4. The van der Waals surface area contributed by atoms with Crippen LogP contribution in [0, 0.1) is 5.95 Å². The van der Waals surface area contributed by atoms with Crippen molar-refractivity contribution in [3.63, 3.8) is 0 Å². The first kappa shape index (κ1) is 24.0. The molecule has 0 aliphatic carbocycles. The summed E-state index contributed by atoms with van der Waals surface area (Å²) in [6.45, 7) is 1.01. The summed E-state index contributed by atoms with van der Waals surface area (Å²) in [6.07, 6.45) is 0.430. The first-order valence-electron chi connectivity index (χ1n) is 11.2. The van der Waals surface area contributed by atoms with Crippen LogP contribution in [0.5, 0.6) is 0 Å². The van der Waals surface area contributed by atoms with Crippen molar-refractivity contribution in [1.29, 1.82) is 0 Å². The van der Waals surface area contributed by atoms with E-state index in [0.29, 0.717) is 35.2 Å². The van der Waals surface area contributed by atoms with Gasteiger partial charge in [-0.15, -0.1) is 11.3 Å². The second-order valence-corrected chi connectivity index (χ2v) is 9.29. The van der Waals surface area contributed by atoms with Gasteiger partial charge in [0.25, 0.3) is 5.91 Å². The van der Waals surface area contributed by atoms with Gasteiger partial charge in [-0.2, -0.15) is 17.6 Å². The number of aromatic nitrogens is 3. The number of nitrogens with zero attached hydrogens (tertiary/aromatic N) is 4. The van der Waals surface area contributed by atoms with E-state index in [1.165, 1.54) is 35.7 Å². The number of hydrogen-bond acceptors (Lipinski definition) is 5. The Labute approximate surface area is 208 Å². The molecule has 0 spiro atoms. The molecule has 4 heterocycles. The topological polar surface area (TPSA) is 63.1 Å². The summed E-state index contributed by atoms with van der Waals surface area (Å²) in [6, 6.07) is 11.5. The third-order valence-corrected chi connectivity index (χ3v) is 6.84. The van der Waals surface area contributed by atoms with E-state index in [1.807, 2.05) is 10.3 Å². The van der Waals surface area contributed by atoms with E-state index in [-0.39, 0.29) is 11.9 Å². The van der Waals surface area contributed by atoms with Crippen LogP contribution in [0.15, 0.2) is 66.3 Å². The van der Waals surface area contributed by atoms with E-state index in [0.717, 1.165) is 30.7 Å². The lowest BCUT2D eigenvalue weighted by atomic mass is 10.1. The Bertz CT molecular complexity index is 1370. The second-order valence-electron chi connectivity index (χ2n) is 8.44. The van der Waals surface area contributed by atoms with Crippen molar-refractivity contribution < 1.29 is 22.4 Å². The normalized spacial score (nSPS) is 15.9. The summed E-state index contributed by atoms with van der Waals surface area (Å²) in [5.41, 5.74) is 1.86. The molecule has 0 saturated carbocycles. The molecular formula is C25H21F4N5OS. The third-order valence-electron chi connectivity index (χ3n) is 6.07.